The van der Waals surface area contributed by atoms with Crippen LogP contribution in [-0.2, 0) is 43.9 Å². The number of carbonyl (C=O) groups is 1. The second kappa shape index (κ2) is 16.2. The standard InChI is InChI=1S/C33H40N4O8S2/c1-24(2)17-37(47(39,40)30-10-11-31-32(16-30)44-23-43-31)18-29(45-33(38)20-41-15-14-36-13-12-34-22-36)9-6-26-4-7-28(8-5-26)42-19-27-21-46-25(3)35-27/h4-5,7-8,10-13,16,21-22,24,29H,6,9,14-15,17-20,23H2,1-3H3. The van der Waals surface area contributed by atoms with E-state index in [1.165, 1.54) is 16.4 Å². The lowest BCUT2D eigenvalue weighted by atomic mass is 10.1. The topological polar surface area (TPSA) is 131 Å². The maximum absolute atomic E-state index is 13.9. The zero-order chi connectivity index (χ0) is 33.2. The molecule has 5 rings (SSSR count). The average molecular weight is 685 g/mol. The van der Waals surface area contributed by atoms with Gasteiger partial charge in [0.1, 0.15) is 25.1 Å². The molecule has 12 nitrogen and oxygen atoms in total. The SMILES string of the molecule is Cc1nc(COc2ccc(CCC(CN(CC(C)C)S(=O)(=O)c3ccc4c(c3)OCO4)OC(=O)COCCn3ccnc3)cc2)cs1. The molecule has 14 heteroatoms. The van der Waals surface area contributed by atoms with Gasteiger partial charge in [0.05, 0.1) is 35.1 Å². The molecule has 1 aliphatic heterocycles. The molecule has 3 heterocycles. The Hall–Kier alpha value is -3.98. The number of sulfonamides is 1. The van der Waals surface area contributed by atoms with E-state index in [0.717, 1.165) is 16.3 Å². The van der Waals surface area contributed by atoms with Gasteiger partial charge in [0.25, 0.3) is 0 Å². The number of imidazole rings is 1. The van der Waals surface area contributed by atoms with Crippen molar-refractivity contribution in [1.82, 2.24) is 18.8 Å². The molecule has 2 aromatic carbocycles. The van der Waals surface area contributed by atoms with Gasteiger partial charge < -0.3 is 28.3 Å². The van der Waals surface area contributed by atoms with Crippen LogP contribution in [-0.4, -0.2) is 72.4 Å². The van der Waals surface area contributed by atoms with Crippen molar-refractivity contribution in [1.29, 1.82) is 0 Å². The van der Waals surface area contributed by atoms with Gasteiger partial charge in [-0.1, -0.05) is 26.0 Å². The van der Waals surface area contributed by atoms with Crippen LogP contribution in [0.5, 0.6) is 17.2 Å². The zero-order valence-electron chi connectivity index (χ0n) is 26.7. The van der Waals surface area contributed by atoms with Crippen LogP contribution < -0.4 is 14.2 Å². The van der Waals surface area contributed by atoms with Gasteiger partial charge in [-0.05, 0) is 55.5 Å². The number of hydrogen-bond donors (Lipinski definition) is 0. The van der Waals surface area contributed by atoms with Crippen LogP contribution in [0, 0.1) is 12.8 Å². The highest BCUT2D eigenvalue weighted by atomic mass is 32.2. The van der Waals surface area contributed by atoms with E-state index >= 15 is 0 Å². The molecule has 2 aromatic heterocycles. The summed E-state index contributed by atoms with van der Waals surface area (Å²) in [6.07, 6.45) is 5.36. The lowest BCUT2D eigenvalue weighted by Gasteiger charge is -2.28. The van der Waals surface area contributed by atoms with Gasteiger partial charge in [0, 0.05) is 36.9 Å². The van der Waals surface area contributed by atoms with Crippen LogP contribution in [0.25, 0.3) is 0 Å². The van der Waals surface area contributed by atoms with Crippen molar-refractivity contribution < 1.29 is 36.9 Å². The predicted octanol–water partition coefficient (Wildman–Crippen LogP) is 4.86. The van der Waals surface area contributed by atoms with E-state index in [4.69, 9.17) is 23.7 Å². The van der Waals surface area contributed by atoms with Crippen LogP contribution in [0.4, 0.5) is 0 Å². The van der Waals surface area contributed by atoms with Crippen molar-refractivity contribution >= 4 is 27.3 Å². The summed E-state index contributed by atoms with van der Waals surface area (Å²) in [7, 11) is -3.97. The van der Waals surface area contributed by atoms with Crippen molar-refractivity contribution in [3.05, 3.63) is 82.8 Å². The Morgan fingerprint density at radius 1 is 1.11 bits per heavy atom. The summed E-state index contributed by atoms with van der Waals surface area (Å²) in [6.45, 7) is 7.05. The first kappa shape index (κ1) is 34.4. The summed E-state index contributed by atoms with van der Waals surface area (Å²) in [6, 6.07) is 12.2. The third-order valence-corrected chi connectivity index (χ3v) is 9.91. The quantitative estimate of drug-likeness (QED) is 0.106. The fourth-order valence-electron chi connectivity index (χ4n) is 4.96. The molecular formula is C33H40N4O8S2. The Morgan fingerprint density at radius 2 is 1.91 bits per heavy atom. The molecule has 0 bridgehead atoms. The number of hydrogen-bond acceptors (Lipinski definition) is 11. The summed E-state index contributed by atoms with van der Waals surface area (Å²) in [5, 5.41) is 2.97. The molecule has 0 amide bonds. The maximum Gasteiger partial charge on any atom is 0.332 e. The number of esters is 1. The van der Waals surface area contributed by atoms with E-state index in [2.05, 4.69) is 9.97 Å². The highest BCUT2D eigenvalue weighted by molar-refractivity contribution is 7.89. The average Bonchev–Trinajstić information content (AvgIpc) is 3.83. The summed E-state index contributed by atoms with van der Waals surface area (Å²) >= 11 is 1.58. The number of aryl methyl sites for hydroxylation is 2. The number of ether oxygens (including phenoxy) is 5. The van der Waals surface area contributed by atoms with Crippen LogP contribution in [0.2, 0.25) is 0 Å². The molecule has 252 valence electrons. The Kier molecular flexibility index (Phi) is 11.9. The molecule has 0 saturated heterocycles. The molecule has 4 aromatic rings. The normalized spacial score (nSPS) is 13.3. The van der Waals surface area contributed by atoms with E-state index in [-0.39, 0.29) is 37.3 Å². The molecule has 1 unspecified atom stereocenters. The smallest absolute Gasteiger partial charge is 0.332 e. The Balaban J connectivity index is 1.25. The van der Waals surface area contributed by atoms with Gasteiger partial charge in [-0.2, -0.15) is 4.31 Å². The van der Waals surface area contributed by atoms with Gasteiger partial charge >= 0.3 is 5.97 Å². The summed E-state index contributed by atoms with van der Waals surface area (Å²) < 4.78 is 59.2. The first-order valence-electron chi connectivity index (χ1n) is 15.4. The second-order valence-corrected chi connectivity index (χ2v) is 14.5. The van der Waals surface area contributed by atoms with Gasteiger partial charge in [-0.25, -0.2) is 23.2 Å². The number of thiazole rings is 1. The Morgan fingerprint density at radius 3 is 2.64 bits per heavy atom. The molecule has 0 fully saturated rings. The highest BCUT2D eigenvalue weighted by Crippen LogP contribution is 2.35. The number of aromatic nitrogens is 3. The van der Waals surface area contributed by atoms with E-state index in [9.17, 15) is 13.2 Å². The number of fused-ring (bicyclic) bond motifs is 1. The second-order valence-electron chi connectivity index (χ2n) is 11.5. The summed E-state index contributed by atoms with van der Waals surface area (Å²) in [5.74, 6) is 1.04. The van der Waals surface area contributed by atoms with Crippen LogP contribution in [0.3, 0.4) is 0 Å². The molecular weight excluding hydrogens is 645 g/mol. The van der Waals surface area contributed by atoms with E-state index in [0.29, 0.717) is 49.8 Å². The minimum atomic E-state index is -3.97. The Bertz CT molecular complexity index is 1690. The van der Waals surface area contributed by atoms with Gasteiger partial charge in [-0.15, -0.1) is 11.3 Å². The molecule has 0 N–H and O–H groups in total. The lowest BCUT2D eigenvalue weighted by molar-refractivity contribution is -0.155. The molecule has 0 aliphatic carbocycles. The first-order valence-corrected chi connectivity index (χ1v) is 17.7. The van der Waals surface area contributed by atoms with Crippen molar-refractivity contribution in [3.63, 3.8) is 0 Å². The molecule has 0 radical (unpaired) electrons. The number of carbonyl (C=O) groups excluding carboxylic acids is 1. The number of rotatable bonds is 18. The van der Waals surface area contributed by atoms with Crippen LogP contribution in [0.15, 0.2) is 71.5 Å². The highest BCUT2D eigenvalue weighted by Gasteiger charge is 2.31. The first-order chi connectivity index (χ1) is 22.7. The van der Waals surface area contributed by atoms with E-state index in [1.54, 1.807) is 29.9 Å². The van der Waals surface area contributed by atoms with Crippen molar-refractivity contribution in [2.45, 2.75) is 57.8 Å². The van der Waals surface area contributed by atoms with Crippen molar-refractivity contribution in [3.8, 4) is 17.2 Å². The number of benzene rings is 2. The number of nitrogens with zero attached hydrogens (tertiary/aromatic N) is 4. The molecule has 1 atom stereocenters. The molecule has 0 saturated carbocycles. The minimum Gasteiger partial charge on any atom is -0.487 e. The Labute approximate surface area is 279 Å². The fraction of sp³-hybridized carbons (Fsp3) is 0.424. The molecule has 0 spiro atoms. The minimum absolute atomic E-state index is 0.0161. The van der Waals surface area contributed by atoms with Crippen LogP contribution >= 0.6 is 11.3 Å². The van der Waals surface area contributed by atoms with Crippen molar-refractivity contribution in [2.75, 3.05) is 33.1 Å². The zero-order valence-corrected chi connectivity index (χ0v) is 28.4. The summed E-state index contributed by atoms with van der Waals surface area (Å²) in [4.78, 5) is 21.4. The molecule has 47 heavy (non-hydrogen) atoms. The summed E-state index contributed by atoms with van der Waals surface area (Å²) in [5.41, 5.74) is 1.88. The van der Waals surface area contributed by atoms with Gasteiger partial charge in [0.2, 0.25) is 16.8 Å². The fourth-order valence-corrected chi connectivity index (χ4v) is 7.20. The largest absolute Gasteiger partial charge is 0.487 e. The third kappa shape index (κ3) is 10.0. The van der Waals surface area contributed by atoms with Gasteiger partial charge in [0.15, 0.2) is 11.5 Å². The monoisotopic (exact) mass is 684 g/mol. The maximum atomic E-state index is 13.9. The third-order valence-electron chi connectivity index (χ3n) is 7.26. The van der Waals surface area contributed by atoms with Crippen LogP contribution in [0.1, 0.15) is 36.5 Å². The predicted molar refractivity (Wildman–Crippen MR) is 175 cm³/mol. The lowest BCUT2D eigenvalue weighted by Crippen LogP contribution is -2.41. The van der Waals surface area contributed by atoms with E-state index < -0.39 is 22.1 Å². The van der Waals surface area contributed by atoms with Gasteiger partial charge in [-0.3, -0.25) is 0 Å². The van der Waals surface area contributed by atoms with Crippen molar-refractivity contribution in [2.24, 2.45) is 5.92 Å². The molecule has 1 aliphatic rings. The van der Waals surface area contributed by atoms with E-state index in [1.807, 2.05) is 61.2 Å².